The number of ether oxygens (including phenoxy) is 2. The highest BCUT2D eigenvalue weighted by Crippen LogP contribution is 2.46. The fourth-order valence-electron chi connectivity index (χ4n) is 5.42. The Morgan fingerprint density at radius 3 is 2.69 bits per heavy atom. The van der Waals surface area contributed by atoms with Crippen molar-refractivity contribution in [2.75, 3.05) is 19.7 Å². The molecule has 1 fully saturated rings. The van der Waals surface area contributed by atoms with Gasteiger partial charge in [0.2, 0.25) is 5.60 Å². The second-order valence-electron chi connectivity index (χ2n) is 8.97. The monoisotopic (exact) mass is 388 g/mol. The normalized spacial score (nSPS) is 26.3. The molecule has 3 heterocycles. The lowest BCUT2D eigenvalue weighted by Crippen LogP contribution is -2.47. The molecule has 3 aliphatic heterocycles. The fourth-order valence-corrected chi connectivity index (χ4v) is 5.42. The second kappa shape index (κ2) is 5.85. The van der Waals surface area contributed by atoms with E-state index in [1.54, 1.807) is 0 Å². The van der Waals surface area contributed by atoms with Crippen LogP contribution in [-0.2, 0) is 27.8 Å². The first kappa shape index (κ1) is 17.1. The number of hydrogen-bond acceptors (Lipinski definition) is 4. The molecule has 1 atom stereocenters. The number of amides is 1. The molecule has 4 aliphatic rings. The van der Waals surface area contributed by atoms with Crippen molar-refractivity contribution in [1.82, 2.24) is 4.90 Å². The Bertz CT molecular complexity index is 1050. The van der Waals surface area contributed by atoms with E-state index in [0.29, 0.717) is 18.9 Å². The lowest BCUT2D eigenvalue weighted by atomic mass is 9.74. The molecule has 148 valence electrons. The summed E-state index contributed by atoms with van der Waals surface area (Å²) >= 11 is 0. The molecule has 0 saturated carbocycles. The van der Waals surface area contributed by atoms with Crippen molar-refractivity contribution in [2.45, 2.75) is 43.6 Å². The number of benzene rings is 2. The standard InChI is InChI=1S/C24H24N2O3/c1-16-6-7-17-13-24(14-18(17)12-16)21(27)25-22(29-24)26-10-8-23(9-11-26)15-28-20-5-3-2-4-19(20)23/h2-7,12H,8-11,13-15H2,1H3. The van der Waals surface area contributed by atoms with Crippen LogP contribution in [0.5, 0.6) is 5.75 Å². The smallest absolute Gasteiger partial charge is 0.296 e. The second-order valence-corrected chi connectivity index (χ2v) is 8.97. The number of hydrogen-bond donors (Lipinski definition) is 0. The number of piperidine rings is 1. The molecule has 1 saturated heterocycles. The highest BCUT2D eigenvalue weighted by atomic mass is 16.5. The molecule has 0 bridgehead atoms. The van der Waals surface area contributed by atoms with E-state index >= 15 is 0 Å². The first-order chi connectivity index (χ1) is 14.1. The van der Waals surface area contributed by atoms with Crippen LogP contribution in [0.25, 0.3) is 0 Å². The third kappa shape index (κ3) is 2.46. The van der Waals surface area contributed by atoms with Crippen LogP contribution in [0.3, 0.4) is 0 Å². The van der Waals surface area contributed by atoms with Gasteiger partial charge in [-0.1, -0.05) is 42.0 Å². The van der Waals surface area contributed by atoms with Crippen LogP contribution in [0.2, 0.25) is 0 Å². The van der Waals surface area contributed by atoms with Crippen LogP contribution >= 0.6 is 0 Å². The summed E-state index contributed by atoms with van der Waals surface area (Å²) in [4.78, 5) is 19.4. The van der Waals surface area contributed by atoms with Gasteiger partial charge in [-0.05, 0) is 37.0 Å². The van der Waals surface area contributed by atoms with Gasteiger partial charge in [0.25, 0.3) is 11.9 Å². The Morgan fingerprint density at radius 1 is 1.03 bits per heavy atom. The summed E-state index contributed by atoms with van der Waals surface area (Å²) < 4.78 is 12.3. The van der Waals surface area contributed by atoms with E-state index in [0.717, 1.165) is 38.3 Å². The topological polar surface area (TPSA) is 51.1 Å². The van der Waals surface area contributed by atoms with Crippen molar-refractivity contribution in [3.63, 3.8) is 0 Å². The number of rotatable bonds is 0. The maximum atomic E-state index is 12.9. The van der Waals surface area contributed by atoms with Crippen molar-refractivity contribution in [1.29, 1.82) is 0 Å². The van der Waals surface area contributed by atoms with E-state index in [1.807, 2.05) is 6.07 Å². The van der Waals surface area contributed by atoms with Gasteiger partial charge in [0.1, 0.15) is 5.75 Å². The van der Waals surface area contributed by atoms with Gasteiger partial charge >= 0.3 is 0 Å². The van der Waals surface area contributed by atoms with Crippen molar-refractivity contribution < 1.29 is 14.3 Å². The maximum Gasteiger partial charge on any atom is 0.296 e. The number of para-hydroxylation sites is 1. The Labute approximate surface area is 170 Å². The molecule has 1 amide bonds. The molecule has 5 heteroatoms. The molecule has 2 aromatic rings. The molecular weight excluding hydrogens is 364 g/mol. The van der Waals surface area contributed by atoms with Gasteiger partial charge in [-0.25, -0.2) is 0 Å². The van der Waals surface area contributed by atoms with Gasteiger partial charge in [-0.15, -0.1) is 0 Å². The summed E-state index contributed by atoms with van der Waals surface area (Å²) in [6.07, 6.45) is 3.20. The first-order valence-corrected chi connectivity index (χ1v) is 10.4. The SMILES string of the molecule is Cc1ccc2c(c1)CC1(C2)OC(N2CCC3(CC2)COc2ccccc23)=NC1=O. The zero-order valence-corrected chi connectivity index (χ0v) is 16.6. The predicted molar refractivity (Wildman–Crippen MR) is 109 cm³/mol. The minimum absolute atomic E-state index is 0.0784. The quantitative estimate of drug-likeness (QED) is 0.696. The molecule has 2 aromatic carbocycles. The number of aryl methyl sites for hydroxylation is 1. The molecular formula is C24H24N2O3. The van der Waals surface area contributed by atoms with Crippen molar-refractivity contribution >= 4 is 11.9 Å². The predicted octanol–water partition coefficient (Wildman–Crippen LogP) is 3.17. The van der Waals surface area contributed by atoms with Crippen LogP contribution in [0.4, 0.5) is 0 Å². The number of aliphatic imine (C=N–C) groups is 1. The highest BCUT2D eigenvalue weighted by molar-refractivity contribution is 6.02. The number of likely N-dealkylation sites (tertiary alicyclic amines) is 1. The molecule has 1 aliphatic carbocycles. The van der Waals surface area contributed by atoms with Crippen LogP contribution < -0.4 is 4.74 Å². The zero-order valence-electron chi connectivity index (χ0n) is 16.6. The van der Waals surface area contributed by atoms with Crippen molar-refractivity contribution in [2.24, 2.45) is 4.99 Å². The Morgan fingerprint density at radius 2 is 1.83 bits per heavy atom. The van der Waals surface area contributed by atoms with Crippen molar-refractivity contribution in [3.8, 4) is 5.75 Å². The minimum atomic E-state index is -0.830. The molecule has 0 radical (unpaired) electrons. The molecule has 29 heavy (non-hydrogen) atoms. The number of carbonyl (C=O) groups is 1. The van der Waals surface area contributed by atoms with E-state index in [9.17, 15) is 4.79 Å². The van der Waals surface area contributed by atoms with Crippen LogP contribution in [0.15, 0.2) is 47.5 Å². The molecule has 0 N–H and O–H groups in total. The summed E-state index contributed by atoms with van der Waals surface area (Å²) in [5.41, 5.74) is 4.21. The third-order valence-corrected chi connectivity index (χ3v) is 7.14. The van der Waals surface area contributed by atoms with E-state index in [4.69, 9.17) is 9.47 Å². The molecule has 5 nitrogen and oxygen atoms in total. The lowest BCUT2D eigenvalue weighted by molar-refractivity contribution is -0.130. The van der Waals surface area contributed by atoms with Crippen molar-refractivity contribution in [3.05, 3.63) is 64.7 Å². The first-order valence-electron chi connectivity index (χ1n) is 10.4. The number of fused-ring (bicyclic) bond motifs is 3. The third-order valence-electron chi connectivity index (χ3n) is 7.14. The average molecular weight is 388 g/mol. The Kier molecular flexibility index (Phi) is 3.44. The van der Waals surface area contributed by atoms with Gasteiger partial charge in [-0.2, -0.15) is 4.99 Å². The molecule has 6 rings (SSSR count). The molecule has 1 unspecified atom stereocenters. The summed E-state index contributed by atoms with van der Waals surface area (Å²) in [5, 5.41) is 0. The Balaban J connectivity index is 1.19. The van der Waals surface area contributed by atoms with E-state index < -0.39 is 5.60 Å². The number of amidine groups is 1. The van der Waals surface area contributed by atoms with Gasteiger partial charge in [0, 0.05) is 36.9 Å². The average Bonchev–Trinajstić information content (AvgIpc) is 3.37. The van der Waals surface area contributed by atoms with Gasteiger partial charge in [-0.3, -0.25) is 4.79 Å². The van der Waals surface area contributed by atoms with Gasteiger partial charge in [0.05, 0.1) is 6.61 Å². The lowest BCUT2D eigenvalue weighted by Gasteiger charge is -2.39. The fraction of sp³-hybridized carbons (Fsp3) is 0.417. The summed E-state index contributed by atoms with van der Waals surface area (Å²) in [7, 11) is 0. The summed E-state index contributed by atoms with van der Waals surface area (Å²) in [5.74, 6) is 0.889. The summed E-state index contributed by atoms with van der Waals surface area (Å²) in [6.45, 7) is 4.47. The van der Waals surface area contributed by atoms with Crippen LogP contribution in [-0.4, -0.2) is 42.1 Å². The van der Waals surface area contributed by atoms with E-state index in [1.165, 1.54) is 22.3 Å². The number of nitrogens with zero attached hydrogens (tertiary/aromatic N) is 2. The number of carbonyl (C=O) groups excluding carboxylic acids is 1. The molecule has 0 aromatic heterocycles. The van der Waals surface area contributed by atoms with Gasteiger partial charge < -0.3 is 14.4 Å². The molecule has 2 spiro atoms. The minimum Gasteiger partial charge on any atom is -0.492 e. The van der Waals surface area contributed by atoms with Crippen LogP contribution in [0.1, 0.15) is 35.1 Å². The van der Waals surface area contributed by atoms with E-state index in [2.05, 4.69) is 53.2 Å². The van der Waals surface area contributed by atoms with Crippen LogP contribution in [0, 0.1) is 6.92 Å². The Hall–Kier alpha value is -2.82. The maximum absolute atomic E-state index is 12.9. The van der Waals surface area contributed by atoms with E-state index in [-0.39, 0.29) is 11.3 Å². The largest absolute Gasteiger partial charge is 0.492 e. The highest BCUT2D eigenvalue weighted by Gasteiger charge is 2.52. The summed E-state index contributed by atoms with van der Waals surface area (Å²) in [6, 6.07) is 15.3. The zero-order chi connectivity index (χ0) is 19.6. The van der Waals surface area contributed by atoms with Gasteiger partial charge in [0.15, 0.2) is 0 Å².